The Hall–Kier alpha value is -2.59. The van der Waals surface area contributed by atoms with Crippen molar-refractivity contribution in [1.29, 1.82) is 0 Å². The number of nitrogens with one attached hydrogen (secondary N) is 1. The lowest BCUT2D eigenvalue weighted by Gasteiger charge is -2.02. The number of fused-ring (bicyclic) bond motifs is 1. The Morgan fingerprint density at radius 3 is 2.67 bits per heavy atom. The summed E-state index contributed by atoms with van der Waals surface area (Å²) in [5.74, 6) is 0.832. The highest BCUT2D eigenvalue weighted by atomic mass is 35.5. The first-order valence-electron chi connectivity index (χ1n) is 6.56. The fraction of sp³-hybridized carbons (Fsp3) is 0. The molecular formula is C16H11ClN4. The molecule has 0 fully saturated rings. The van der Waals surface area contributed by atoms with Crippen LogP contribution in [-0.4, -0.2) is 19.7 Å². The van der Waals surface area contributed by atoms with Crippen LogP contribution in [0.3, 0.4) is 0 Å². The van der Waals surface area contributed by atoms with Gasteiger partial charge in [-0.1, -0.05) is 48.0 Å². The molecule has 0 atom stereocenters. The van der Waals surface area contributed by atoms with Crippen molar-refractivity contribution in [3.63, 3.8) is 0 Å². The molecular weight excluding hydrogens is 284 g/mol. The lowest BCUT2D eigenvalue weighted by atomic mass is 10.2. The molecule has 0 aliphatic heterocycles. The van der Waals surface area contributed by atoms with Gasteiger partial charge in [-0.2, -0.15) is 5.10 Å². The van der Waals surface area contributed by atoms with Crippen LogP contribution in [0.2, 0.25) is 5.02 Å². The van der Waals surface area contributed by atoms with Gasteiger partial charge in [-0.05, 0) is 18.2 Å². The maximum Gasteiger partial charge on any atom is 0.161 e. The maximum atomic E-state index is 6.05. The predicted molar refractivity (Wildman–Crippen MR) is 83.7 cm³/mol. The van der Waals surface area contributed by atoms with Crippen molar-refractivity contribution in [2.24, 2.45) is 0 Å². The summed E-state index contributed by atoms with van der Waals surface area (Å²) < 4.78 is 1.81. The first kappa shape index (κ1) is 12.2. The van der Waals surface area contributed by atoms with Crippen LogP contribution in [0, 0.1) is 0 Å². The third kappa shape index (κ3) is 2.10. The number of nitrogens with zero attached hydrogens (tertiary/aromatic N) is 3. The summed E-state index contributed by atoms with van der Waals surface area (Å²) in [5, 5.41) is 5.05. The van der Waals surface area contributed by atoms with Crippen molar-refractivity contribution in [1.82, 2.24) is 19.7 Å². The summed E-state index contributed by atoms with van der Waals surface area (Å²) >= 11 is 6.05. The molecule has 0 aliphatic carbocycles. The molecule has 5 heteroatoms. The van der Waals surface area contributed by atoms with Gasteiger partial charge in [-0.15, -0.1) is 0 Å². The van der Waals surface area contributed by atoms with Crippen molar-refractivity contribution in [3.05, 3.63) is 65.8 Å². The van der Waals surface area contributed by atoms with Crippen LogP contribution in [-0.2, 0) is 0 Å². The zero-order valence-electron chi connectivity index (χ0n) is 11.0. The molecule has 0 saturated heterocycles. The molecule has 0 bridgehead atoms. The molecule has 0 spiro atoms. The van der Waals surface area contributed by atoms with Gasteiger partial charge in [-0.3, -0.25) is 0 Å². The predicted octanol–water partition coefficient (Wildman–Crippen LogP) is 4.07. The number of benzene rings is 2. The van der Waals surface area contributed by atoms with E-state index in [0.29, 0.717) is 5.02 Å². The number of H-pyrrole nitrogens is 1. The van der Waals surface area contributed by atoms with Crippen LogP contribution in [0.5, 0.6) is 0 Å². The van der Waals surface area contributed by atoms with E-state index in [9.17, 15) is 0 Å². The monoisotopic (exact) mass is 294 g/mol. The molecule has 4 rings (SSSR count). The Morgan fingerprint density at radius 1 is 1.00 bits per heavy atom. The van der Waals surface area contributed by atoms with Crippen molar-refractivity contribution >= 4 is 22.8 Å². The number of rotatable bonds is 2. The van der Waals surface area contributed by atoms with E-state index in [0.717, 1.165) is 28.2 Å². The molecule has 102 valence electrons. The van der Waals surface area contributed by atoms with E-state index in [2.05, 4.69) is 15.1 Å². The van der Waals surface area contributed by atoms with E-state index in [1.807, 2.05) is 54.6 Å². The molecule has 4 nitrogen and oxygen atoms in total. The van der Waals surface area contributed by atoms with Crippen molar-refractivity contribution < 1.29 is 0 Å². The molecule has 1 N–H and O–H groups in total. The van der Waals surface area contributed by atoms with Gasteiger partial charge < -0.3 is 4.98 Å². The molecule has 2 aromatic heterocycles. The molecule has 4 aromatic rings. The fourth-order valence-electron chi connectivity index (χ4n) is 2.34. The fourth-order valence-corrected chi connectivity index (χ4v) is 2.52. The van der Waals surface area contributed by atoms with Crippen molar-refractivity contribution in [3.8, 4) is 17.1 Å². The van der Waals surface area contributed by atoms with E-state index in [1.165, 1.54) is 0 Å². The number of aromatic nitrogens is 4. The maximum absolute atomic E-state index is 6.05. The highest BCUT2D eigenvalue weighted by molar-refractivity contribution is 6.30. The first-order valence-corrected chi connectivity index (χ1v) is 6.94. The lowest BCUT2D eigenvalue weighted by Crippen LogP contribution is -1.96. The third-order valence-electron chi connectivity index (χ3n) is 3.32. The van der Waals surface area contributed by atoms with Gasteiger partial charge in [0.1, 0.15) is 11.3 Å². The Kier molecular flexibility index (Phi) is 2.75. The SMILES string of the molecule is Clc1cccc(-n2ncc3nc(-c4ccccc4)[nH]c32)c1. The van der Waals surface area contributed by atoms with Gasteiger partial charge in [0.25, 0.3) is 0 Å². The number of aromatic amines is 1. The summed E-state index contributed by atoms with van der Waals surface area (Å²) in [6.45, 7) is 0. The molecule has 0 aliphatic rings. The number of hydrogen-bond acceptors (Lipinski definition) is 2. The van der Waals surface area contributed by atoms with E-state index < -0.39 is 0 Å². The van der Waals surface area contributed by atoms with Gasteiger partial charge in [0.2, 0.25) is 0 Å². The Morgan fingerprint density at radius 2 is 1.86 bits per heavy atom. The van der Waals surface area contributed by atoms with Crippen LogP contribution >= 0.6 is 11.6 Å². The third-order valence-corrected chi connectivity index (χ3v) is 3.55. The molecule has 21 heavy (non-hydrogen) atoms. The zero-order chi connectivity index (χ0) is 14.2. The highest BCUT2D eigenvalue weighted by Gasteiger charge is 2.11. The minimum Gasteiger partial charge on any atom is -0.322 e. The number of imidazole rings is 1. The Bertz CT molecular complexity index is 908. The second-order valence-corrected chi connectivity index (χ2v) is 5.16. The summed E-state index contributed by atoms with van der Waals surface area (Å²) in [7, 11) is 0. The van der Waals surface area contributed by atoms with Crippen molar-refractivity contribution in [2.75, 3.05) is 0 Å². The van der Waals surface area contributed by atoms with Gasteiger partial charge in [0.05, 0.1) is 11.9 Å². The van der Waals surface area contributed by atoms with Gasteiger partial charge in [-0.25, -0.2) is 9.67 Å². The van der Waals surface area contributed by atoms with E-state index >= 15 is 0 Å². The van der Waals surface area contributed by atoms with Gasteiger partial charge >= 0.3 is 0 Å². The molecule has 0 saturated carbocycles. The van der Waals surface area contributed by atoms with Crippen molar-refractivity contribution in [2.45, 2.75) is 0 Å². The van der Waals surface area contributed by atoms with E-state index in [4.69, 9.17) is 11.6 Å². The molecule has 2 aromatic carbocycles. The summed E-state index contributed by atoms with van der Waals surface area (Å²) in [5.41, 5.74) is 3.64. The van der Waals surface area contributed by atoms with Gasteiger partial charge in [0.15, 0.2) is 5.65 Å². The minimum absolute atomic E-state index is 0.680. The van der Waals surface area contributed by atoms with Crippen LogP contribution in [0.1, 0.15) is 0 Å². The molecule has 2 heterocycles. The average Bonchev–Trinajstić information content (AvgIpc) is 3.08. The normalized spacial score (nSPS) is 11.1. The summed E-state index contributed by atoms with van der Waals surface area (Å²) in [6, 6.07) is 17.6. The number of hydrogen-bond donors (Lipinski definition) is 1. The number of halogens is 1. The van der Waals surface area contributed by atoms with Crippen LogP contribution in [0.15, 0.2) is 60.8 Å². The smallest absolute Gasteiger partial charge is 0.161 e. The van der Waals surface area contributed by atoms with Crippen LogP contribution in [0.4, 0.5) is 0 Å². The Balaban J connectivity index is 1.87. The second-order valence-electron chi connectivity index (χ2n) is 4.72. The minimum atomic E-state index is 0.680. The topological polar surface area (TPSA) is 46.5 Å². The van der Waals surface area contributed by atoms with Gasteiger partial charge in [0, 0.05) is 10.6 Å². The quantitative estimate of drug-likeness (QED) is 0.606. The first-order chi connectivity index (χ1) is 10.3. The molecule has 0 unspecified atom stereocenters. The molecule has 0 radical (unpaired) electrons. The van der Waals surface area contributed by atoms with E-state index in [1.54, 1.807) is 10.9 Å². The highest BCUT2D eigenvalue weighted by Crippen LogP contribution is 2.23. The Labute approximate surface area is 126 Å². The second kappa shape index (κ2) is 4.75. The summed E-state index contributed by atoms with van der Waals surface area (Å²) in [6.07, 6.45) is 1.75. The standard InChI is InChI=1S/C16H11ClN4/c17-12-7-4-8-13(9-12)21-16-14(10-18-21)19-15(20-16)11-5-2-1-3-6-11/h1-10H,(H,19,20). The zero-order valence-corrected chi connectivity index (χ0v) is 11.7. The van der Waals surface area contributed by atoms with Crippen LogP contribution < -0.4 is 0 Å². The average molecular weight is 295 g/mol. The lowest BCUT2D eigenvalue weighted by molar-refractivity contribution is 0.897. The molecule has 0 amide bonds. The summed E-state index contributed by atoms with van der Waals surface area (Å²) in [4.78, 5) is 7.90. The largest absolute Gasteiger partial charge is 0.322 e. The van der Waals surface area contributed by atoms with Crippen LogP contribution in [0.25, 0.3) is 28.2 Å². The van der Waals surface area contributed by atoms with E-state index in [-0.39, 0.29) is 0 Å².